The lowest BCUT2D eigenvalue weighted by Gasteiger charge is -2.14. The largest absolute Gasteiger partial charge is 0.490 e. The lowest BCUT2D eigenvalue weighted by molar-refractivity contribution is 0.0699. The highest BCUT2D eigenvalue weighted by atomic mass is 19.1. The molecule has 2 aromatic heterocycles. The standard InChI is InChI=1S/C23H21FN2O4/c1-12(2)29-19-11-17-20(10-16(19)18-9-13(3)25-26(18)4)30-22(21(17)23(27)28)14-5-7-15(24)8-6-14/h5-12H,1-4H3,(H,27,28). The number of rotatable bonds is 5. The van der Waals surface area contributed by atoms with Crippen LogP contribution in [-0.4, -0.2) is 27.0 Å². The third-order valence-corrected chi connectivity index (χ3v) is 4.75. The Kier molecular flexibility index (Phi) is 4.81. The molecule has 0 aliphatic rings. The topological polar surface area (TPSA) is 77.5 Å². The molecule has 0 fully saturated rings. The number of furan rings is 1. The van der Waals surface area contributed by atoms with Crippen LogP contribution in [0.2, 0.25) is 0 Å². The van der Waals surface area contributed by atoms with Gasteiger partial charge >= 0.3 is 5.97 Å². The Bertz CT molecular complexity index is 1250. The lowest BCUT2D eigenvalue weighted by Crippen LogP contribution is -2.07. The Labute approximate surface area is 172 Å². The highest BCUT2D eigenvalue weighted by Gasteiger charge is 2.25. The van der Waals surface area contributed by atoms with Gasteiger partial charge in [-0.25, -0.2) is 9.18 Å². The Balaban J connectivity index is 2.01. The van der Waals surface area contributed by atoms with Gasteiger partial charge in [-0.3, -0.25) is 4.68 Å². The van der Waals surface area contributed by atoms with E-state index in [4.69, 9.17) is 9.15 Å². The average Bonchev–Trinajstić information content (AvgIpc) is 3.20. The van der Waals surface area contributed by atoms with E-state index < -0.39 is 11.8 Å². The fraction of sp³-hybridized carbons (Fsp3) is 0.217. The number of aromatic carboxylic acids is 1. The molecule has 0 radical (unpaired) electrons. The van der Waals surface area contributed by atoms with Crippen LogP contribution in [0, 0.1) is 12.7 Å². The minimum Gasteiger partial charge on any atom is -0.490 e. The van der Waals surface area contributed by atoms with Crippen molar-refractivity contribution in [1.82, 2.24) is 9.78 Å². The number of carboxylic acid groups (broad SMARTS) is 1. The van der Waals surface area contributed by atoms with Crippen molar-refractivity contribution < 1.29 is 23.4 Å². The van der Waals surface area contributed by atoms with Gasteiger partial charge in [-0.15, -0.1) is 0 Å². The first-order chi connectivity index (χ1) is 14.2. The van der Waals surface area contributed by atoms with E-state index in [2.05, 4.69) is 5.10 Å². The maximum absolute atomic E-state index is 13.3. The van der Waals surface area contributed by atoms with Crippen LogP contribution in [0.25, 0.3) is 33.6 Å². The molecule has 4 aromatic rings. The molecule has 0 spiro atoms. The molecule has 2 heterocycles. The highest BCUT2D eigenvalue weighted by molar-refractivity contribution is 6.09. The summed E-state index contributed by atoms with van der Waals surface area (Å²) in [6, 6.07) is 10.9. The number of fused-ring (bicyclic) bond motifs is 1. The van der Waals surface area contributed by atoms with Gasteiger partial charge in [-0.05, 0) is 63.2 Å². The van der Waals surface area contributed by atoms with E-state index in [0.29, 0.717) is 22.3 Å². The predicted molar refractivity (Wildman–Crippen MR) is 111 cm³/mol. The smallest absolute Gasteiger partial charge is 0.340 e. The molecule has 0 bridgehead atoms. The molecule has 154 valence electrons. The Morgan fingerprint density at radius 3 is 2.47 bits per heavy atom. The van der Waals surface area contributed by atoms with E-state index in [-0.39, 0.29) is 17.4 Å². The third-order valence-electron chi connectivity index (χ3n) is 4.75. The van der Waals surface area contributed by atoms with Gasteiger partial charge in [0.25, 0.3) is 0 Å². The van der Waals surface area contributed by atoms with E-state index in [1.54, 1.807) is 16.8 Å². The summed E-state index contributed by atoms with van der Waals surface area (Å²) >= 11 is 0. The van der Waals surface area contributed by atoms with Gasteiger partial charge in [0, 0.05) is 23.6 Å². The maximum Gasteiger partial charge on any atom is 0.340 e. The molecule has 2 aromatic carbocycles. The minimum atomic E-state index is -1.13. The molecule has 7 heteroatoms. The molecule has 0 aliphatic heterocycles. The zero-order chi connectivity index (χ0) is 21.6. The van der Waals surface area contributed by atoms with Crippen LogP contribution >= 0.6 is 0 Å². The van der Waals surface area contributed by atoms with Crippen LogP contribution in [0.4, 0.5) is 4.39 Å². The summed E-state index contributed by atoms with van der Waals surface area (Å²) in [5.74, 6) is -0.832. The van der Waals surface area contributed by atoms with E-state index in [9.17, 15) is 14.3 Å². The van der Waals surface area contributed by atoms with Gasteiger partial charge in [0.1, 0.15) is 28.5 Å². The van der Waals surface area contributed by atoms with Crippen LogP contribution in [0.15, 0.2) is 46.9 Å². The van der Waals surface area contributed by atoms with Crippen LogP contribution in [0.3, 0.4) is 0 Å². The molecule has 30 heavy (non-hydrogen) atoms. The van der Waals surface area contributed by atoms with Crippen molar-refractivity contribution in [3.8, 4) is 28.3 Å². The summed E-state index contributed by atoms with van der Waals surface area (Å²) in [6.07, 6.45) is -0.118. The second-order valence-corrected chi connectivity index (χ2v) is 7.42. The first-order valence-electron chi connectivity index (χ1n) is 9.52. The first-order valence-corrected chi connectivity index (χ1v) is 9.52. The summed E-state index contributed by atoms with van der Waals surface area (Å²) in [6.45, 7) is 5.70. The van der Waals surface area contributed by atoms with Crippen LogP contribution in [0.5, 0.6) is 5.75 Å². The molecule has 0 aliphatic carbocycles. The van der Waals surface area contributed by atoms with Crippen molar-refractivity contribution in [2.45, 2.75) is 26.9 Å². The molecule has 0 saturated carbocycles. The predicted octanol–water partition coefficient (Wildman–Crippen LogP) is 5.43. The maximum atomic E-state index is 13.3. The monoisotopic (exact) mass is 408 g/mol. The first kappa shape index (κ1) is 19.7. The van der Waals surface area contributed by atoms with Crippen molar-refractivity contribution in [2.24, 2.45) is 7.05 Å². The van der Waals surface area contributed by atoms with Crippen LogP contribution < -0.4 is 4.74 Å². The number of aromatic nitrogens is 2. The summed E-state index contributed by atoms with van der Waals surface area (Å²) in [7, 11) is 1.83. The molecule has 4 rings (SSSR count). The van der Waals surface area contributed by atoms with E-state index >= 15 is 0 Å². The van der Waals surface area contributed by atoms with E-state index in [1.807, 2.05) is 33.9 Å². The van der Waals surface area contributed by atoms with Gasteiger partial charge in [0.05, 0.1) is 17.5 Å². The van der Waals surface area contributed by atoms with Gasteiger partial charge in [0.2, 0.25) is 0 Å². The van der Waals surface area contributed by atoms with Crippen molar-refractivity contribution in [2.75, 3.05) is 0 Å². The Morgan fingerprint density at radius 2 is 1.90 bits per heavy atom. The second kappa shape index (κ2) is 7.33. The summed E-state index contributed by atoms with van der Waals surface area (Å²) in [5.41, 5.74) is 3.31. The number of benzene rings is 2. The fourth-order valence-corrected chi connectivity index (χ4v) is 3.55. The number of aryl methyl sites for hydroxylation is 2. The zero-order valence-corrected chi connectivity index (χ0v) is 17.1. The van der Waals surface area contributed by atoms with Gasteiger partial charge in [-0.1, -0.05) is 0 Å². The number of hydrogen-bond acceptors (Lipinski definition) is 4. The normalized spacial score (nSPS) is 11.4. The fourth-order valence-electron chi connectivity index (χ4n) is 3.55. The minimum absolute atomic E-state index is 0.0120. The SMILES string of the molecule is Cc1cc(-c2cc3oc(-c4ccc(F)cc4)c(C(=O)O)c3cc2OC(C)C)n(C)n1. The number of halogens is 1. The molecular formula is C23H21FN2O4. The lowest BCUT2D eigenvalue weighted by atomic mass is 10.0. The molecule has 6 nitrogen and oxygen atoms in total. The summed E-state index contributed by atoms with van der Waals surface area (Å²) < 4.78 is 27.1. The zero-order valence-electron chi connectivity index (χ0n) is 17.1. The molecule has 1 N–H and O–H groups in total. The molecule has 0 atom stereocenters. The average molecular weight is 408 g/mol. The molecule has 0 amide bonds. The van der Waals surface area contributed by atoms with Crippen molar-refractivity contribution in [3.05, 3.63) is 59.5 Å². The molecular weight excluding hydrogens is 387 g/mol. The van der Waals surface area contributed by atoms with Gasteiger partial charge in [0.15, 0.2) is 0 Å². The number of carboxylic acids is 1. The van der Waals surface area contributed by atoms with Crippen molar-refractivity contribution >= 4 is 16.9 Å². The van der Waals surface area contributed by atoms with Crippen molar-refractivity contribution in [1.29, 1.82) is 0 Å². The van der Waals surface area contributed by atoms with Gasteiger partial charge < -0.3 is 14.3 Å². The molecule has 0 saturated heterocycles. The summed E-state index contributed by atoms with van der Waals surface area (Å²) in [5, 5.41) is 14.7. The molecule has 0 unspecified atom stereocenters. The summed E-state index contributed by atoms with van der Waals surface area (Å²) in [4.78, 5) is 12.1. The Hall–Kier alpha value is -3.61. The second-order valence-electron chi connectivity index (χ2n) is 7.42. The highest BCUT2D eigenvalue weighted by Crippen LogP contribution is 2.41. The van der Waals surface area contributed by atoms with E-state index in [1.165, 1.54) is 24.3 Å². The number of carbonyl (C=O) groups is 1. The number of nitrogens with zero attached hydrogens (tertiary/aromatic N) is 2. The van der Waals surface area contributed by atoms with E-state index in [0.717, 1.165) is 17.0 Å². The quantitative estimate of drug-likeness (QED) is 0.476. The van der Waals surface area contributed by atoms with Crippen molar-refractivity contribution in [3.63, 3.8) is 0 Å². The number of hydrogen-bond donors (Lipinski definition) is 1. The number of ether oxygens (including phenoxy) is 1. The van der Waals surface area contributed by atoms with Crippen LogP contribution in [-0.2, 0) is 7.05 Å². The third kappa shape index (κ3) is 3.43. The van der Waals surface area contributed by atoms with Gasteiger partial charge in [-0.2, -0.15) is 5.10 Å². The van der Waals surface area contributed by atoms with Crippen LogP contribution in [0.1, 0.15) is 29.9 Å². The Morgan fingerprint density at radius 1 is 1.20 bits per heavy atom.